The van der Waals surface area contributed by atoms with Crippen LogP contribution in [0.5, 0.6) is 0 Å². The molecule has 0 aromatic carbocycles. The lowest BCUT2D eigenvalue weighted by atomic mass is 10.0. The van der Waals surface area contributed by atoms with E-state index < -0.39 is 0 Å². The van der Waals surface area contributed by atoms with Crippen molar-refractivity contribution in [2.75, 3.05) is 13.2 Å². The van der Waals surface area contributed by atoms with E-state index in [1.54, 1.807) is 0 Å². The maximum Gasteiger partial charge on any atom is 0.324 e. The molecule has 5 nitrogen and oxygen atoms in total. The summed E-state index contributed by atoms with van der Waals surface area (Å²) in [6.45, 7) is 5.23. The number of nitrogens with zero attached hydrogens (tertiary/aromatic N) is 1. The van der Waals surface area contributed by atoms with E-state index in [4.69, 9.17) is 4.74 Å². The van der Waals surface area contributed by atoms with E-state index in [1.807, 2.05) is 13.8 Å². The second kappa shape index (κ2) is 5.04. The van der Waals surface area contributed by atoms with Gasteiger partial charge in [-0.25, -0.2) is 4.79 Å². The molecule has 3 amide bonds. The molecule has 5 heteroatoms. The number of ether oxygens (including phenoxy) is 1. The van der Waals surface area contributed by atoms with Crippen LogP contribution in [0.1, 0.15) is 33.1 Å². The van der Waals surface area contributed by atoms with Crippen molar-refractivity contribution >= 4 is 11.9 Å². The summed E-state index contributed by atoms with van der Waals surface area (Å²) < 4.78 is 5.45. The number of carbonyl (C=O) groups excluding carboxylic acids is 2. The highest BCUT2D eigenvalue weighted by molar-refractivity contribution is 6.04. The van der Waals surface area contributed by atoms with Gasteiger partial charge in [-0.2, -0.15) is 0 Å². The minimum atomic E-state index is -0.344. The van der Waals surface area contributed by atoms with Crippen molar-refractivity contribution in [3.8, 4) is 0 Å². The highest BCUT2D eigenvalue weighted by atomic mass is 16.5. The predicted molar refractivity (Wildman–Crippen MR) is 62.5 cm³/mol. The summed E-state index contributed by atoms with van der Waals surface area (Å²) in [5.74, 6) is 0.297. The first kappa shape index (κ1) is 12.4. The molecule has 2 aliphatic heterocycles. The number of urea groups is 1. The first-order chi connectivity index (χ1) is 8.08. The molecule has 0 aromatic rings. The quantitative estimate of drug-likeness (QED) is 0.749. The Morgan fingerprint density at radius 3 is 2.82 bits per heavy atom. The first-order valence-corrected chi connectivity index (χ1v) is 6.31. The van der Waals surface area contributed by atoms with Crippen molar-refractivity contribution in [3.05, 3.63) is 0 Å². The minimum absolute atomic E-state index is 0.0301. The van der Waals surface area contributed by atoms with Crippen molar-refractivity contribution in [2.24, 2.45) is 5.92 Å². The lowest BCUT2D eigenvalue weighted by molar-refractivity contribution is -0.128. The van der Waals surface area contributed by atoms with Gasteiger partial charge in [-0.05, 0) is 25.2 Å². The summed E-state index contributed by atoms with van der Waals surface area (Å²) in [4.78, 5) is 25.0. The predicted octanol–water partition coefficient (Wildman–Crippen LogP) is 1.13. The molecule has 2 saturated heterocycles. The Kier molecular flexibility index (Phi) is 3.66. The van der Waals surface area contributed by atoms with Crippen LogP contribution in [0.15, 0.2) is 0 Å². The minimum Gasteiger partial charge on any atom is -0.376 e. The Hall–Kier alpha value is -1.10. The molecule has 2 fully saturated rings. The molecule has 0 radical (unpaired) electrons. The zero-order chi connectivity index (χ0) is 12.4. The van der Waals surface area contributed by atoms with Crippen LogP contribution < -0.4 is 5.32 Å². The molecule has 0 aliphatic carbocycles. The number of carbonyl (C=O) groups is 2. The average molecular weight is 240 g/mol. The lowest BCUT2D eigenvalue weighted by Gasteiger charge is -2.17. The first-order valence-electron chi connectivity index (χ1n) is 6.31. The Morgan fingerprint density at radius 2 is 2.24 bits per heavy atom. The SMILES string of the molecule is CC(C)C[C@H]1NC(=O)N(C[C@H]2CCCO2)C1=O. The molecule has 1 N–H and O–H groups in total. The summed E-state index contributed by atoms with van der Waals surface area (Å²) >= 11 is 0. The highest BCUT2D eigenvalue weighted by Gasteiger charge is 2.39. The zero-order valence-corrected chi connectivity index (χ0v) is 10.4. The van der Waals surface area contributed by atoms with Crippen LogP contribution in [0.3, 0.4) is 0 Å². The van der Waals surface area contributed by atoms with Crippen LogP contribution in [0, 0.1) is 5.92 Å². The lowest BCUT2D eigenvalue weighted by Crippen LogP contribution is -2.37. The molecule has 2 rings (SSSR count). The molecule has 17 heavy (non-hydrogen) atoms. The van der Waals surface area contributed by atoms with Gasteiger partial charge in [-0.3, -0.25) is 9.69 Å². The van der Waals surface area contributed by atoms with E-state index >= 15 is 0 Å². The smallest absolute Gasteiger partial charge is 0.324 e. The van der Waals surface area contributed by atoms with E-state index in [9.17, 15) is 9.59 Å². The van der Waals surface area contributed by atoms with Crippen LogP contribution in [-0.2, 0) is 9.53 Å². The molecule has 0 saturated carbocycles. The molecule has 2 atom stereocenters. The third-order valence-electron chi connectivity index (χ3n) is 3.22. The molecule has 0 bridgehead atoms. The summed E-state index contributed by atoms with van der Waals surface area (Å²) in [6.07, 6.45) is 2.69. The van der Waals surface area contributed by atoms with Gasteiger partial charge in [0.05, 0.1) is 12.6 Å². The number of rotatable bonds is 4. The second-order valence-electron chi connectivity index (χ2n) is 5.22. The zero-order valence-electron chi connectivity index (χ0n) is 10.4. The fourth-order valence-electron chi connectivity index (χ4n) is 2.37. The molecule has 96 valence electrons. The van der Waals surface area contributed by atoms with E-state index in [0.29, 0.717) is 18.9 Å². The van der Waals surface area contributed by atoms with Gasteiger partial charge in [0, 0.05) is 6.61 Å². The Balaban J connectivity index is 1.93. The van der Waals surface area contributed by atoms with Gasteiger partial charge in [0.2, 0.25) is 0 Å². The molecule has 0 spiro atoms. The number of hydrogen-bond donors (Lipinski definition) is 1. The van der Waals surface area contributed by atoms with Crippen molar-refractivity contribution in [1.82, 2.24) is 10.2 Å². The van der Waals surface area contributed by atoms with Crippen LogP contribution in [-0.4, -0.2) is 42.1 Å². The third kappa shape index (κ3) is 2.77. The van der Waals surface area contributed by atoms with Crippen LogP contribution >= 0.6 is 0 Å². The Morgan fingerprint density at radius 1 is 1.47 bits per heavy atom. The maximum atomic E-state index is 12.0. The van der Waals surface area contributed by atoms with Crippen LogP contribution in [0.25, 0.3) is 0 Å². The van der Waals surface area contributed by atoms with E-state index in [1.165, 1.54) is 4.90 Å². The largest absolute Gasteiger partial charge is 0.376 e. The molecule has 0 aromatic heterocycles. The van der Waals surface area contributed by atoms with Gasteiger partial charge in [-0.15, -0.1) is 0 Å². The van der Waals surface area contributed by atoms with Gasteiger partial charge in [0.25, 0.3) is 5.91 Å². The normalized spacial score (nSPS) is 29.2. The van der Waals surface area contributed by atoms with Gasteiger partial charge in [0.1, 0.15) is 6.04 Å². The highest BCUT2D eigenvalue weighted by Crippen LogP contribution is 2.18. The average Bonchev–Trinajstić information content (AvgIpc) is 2.83. The Bertz CT molecular complexity index is 311. The van der Waals surface area contributed by atoms with Crippen LogP contribution in [0.4, 0.5) is 4.79 Å². The van der Waals surface area contributed by atoms with Crippen molar-refractivity contribution in [2.45, 2.75) is 45.3 Å². The van der Waals surface area contributed by atoms with Crippen molar-refractivity contribution in [1.29, 1.82) is 0 Å². The summed E-state index contributed by atoms with van der Waals surface area (Å²) in [5.41, 5.74) is 0. The van der Waals surface area contributed by atoms with Crippen molar-refractivity contribution < 1.29 is 14.3 Å². The van der Waals surface area contributed by atoms with Gasteiger partial charge in [-0.1, -0.05) is 13.8 Å². The standard InChI is InChI=1S/C12H20N2O3/c1-8(2)6-10-11(15)14(12(16)13-10)7-9-4-3-5-17-9/h8-10H,3-7H2,1-2H3,(H,13,16)/t9-,10-/m1/s1. The molecule has 2 heterocycles. The van der Waals surface area contributed by atoms with E-state index in [2.05, 4.69) is 5.32 Å². The summed E-state index contributed by atoms with van der Waals surface area (Å²) in [5, 5.41) is 2.74. The van der Waals surface area contributed by atoms with E-state index in [-0.39, 0.29) is 24.1 Å². The van der Waals surface area contributed by atoms with Crippen LogP contribution in [0.2, 0.25) is 0 Å². The fourth-order valence-corrected chi connectivity index (χ4v) is 2.37. The van der Waals surface area contributed by atoms with Crippen molar-refractivity contribution in [3.63, 3.8) is 0 Å². The van der Waals surface area contributed by atoms with Gasteiger partial charge in [0.15, 0.2) is 0 Å². The summed E-state index contributed by atoms with van der Waals surface area (Å²) in [6, 6.07) is -0.611. The number of hydrogen-bond acceptors (Lipinski definition) is 3. The third-order valence-corrected chi connectivity index (χ3v) is 3.22. The number of imide groups is 1. The maximum absolute atomic E-state index is 12.0. The molecule has 0 unspecified atom stereocenters. The molecular weight excluding hydrogens is 220 g/mol. The molecular formula is C12H20N2O3. The van der Waals surface area contributed by atoms with E-state index in [0.717, 1.165) is 19.4 Å². The molecule has 2 aliphatic rings. The fraction of sp³-hybridized carbons (Fsp3) is 0.833. The second-order valence-corrected chi connectivity index (χ2v) is 5.22. The number of nitrogens with one attached hydrogen (secondary N) is 1. The Labute approximate surface area is 101 Å². The van der Waals surface area contributed by atoms with Gasteiger partial charge >= 0.3 is 6.03 Å². The summed E-state index contributed by atoms with van der Waals surface area (Å²) in [7, 11) is 0. The topological polar surface area (TPSA) is 58.6 Å². The monoisotopic (exact) mass is 240 g/mol. The van der Waals surface area contributed by atoms with Gasteiger partial charge < -0.3 is 10.1 Å². The number of amides is 3.